The van der Waals surface area contributed by atoms with Crippen molar-refractivity contribution in [3.63, 3.8) is 0 Å². The smallest absolute Gasteiger partial charge is 0.320 e. The first-order chi connectivity index (χ1) is 9.66. The van der Waals surface area contributed by atoms with E-state index in [2.05, 4.69) is 0 Å². The predicted molar refractivity (Wildman–Crippen MR) is 71.2 cm³/mol. The van der Waals surface area contributed by atoms with E-state index in [1.165, 1.54) is 0 Å². The second-order valence-electron chi connectivity index (χ2n) is 4.82. The Kier molecular flexibility index (Phi) is 7.85. The minimum atomic E-state index is -1.23. The topological polar surface area (TPSA) is 139 Å². The summed E-state index contributed by atoms with van der Waals surface area (Å²) in [5, 5.41) is 37.0. The van der Waals surface area contributed by atoms with Crippen molar-refractivity contribution in [1.82, 2.24) is 9.96 Å². The quantitative estimate of drug-likeness (QED) is 0.382. The Bertz CT molecular complexity index is 366. The second kappa shape index (κ2) is 8.55. The number of nitrogens with zero attached hydrogens (tertiary/aromatic N) is 2. The largest absolute Gasteiger partial charge is 0.480 e. The fourth-order valence-corrected chi connectivity index (χ4v) is 2.18. The lowest BCUT2D eigenvalue weighted by Gasteiger charge is -2.41. The standard InChI is InChI=1S/C12H22N2O7/c1-3-12(4-2,14(21)7-11(19)20)8-13(5-9(15)16)6-10(17)18/h21H,3-8H2,1-2H3,(H,15,16)(H,17,18)(H,19,20). The van der Waals surface area contributed by atoms with Crippen molar-refractivity contribution in [1.29, 1.82) is 0 Å². The molecule has 0 bridgehead atoms. The van der Waals surface area contributed by atoms with Crippen LogP contribution in [0.1, 0.15) is 26.7 Å². The van der Waals surface area contributed by atoms with Gasteiger partial charge in [-0.05, 0) is 12.8 Å². The van der Waals surface area contributed by atoms with Gasteiger partial charge < -0.3 is 20.5 Å². The van der Waals surface area contributed by atoms with Crippen LogP contribution in [0, 0.1) is 0 Å². The molecule has 4 N–H and O–H groups in total. The molecule has 122 valence electrons. The van der Waals surface area contributed by atoms with Crippen molar-refractivity contribution in [2.45, 2.75) is 32.2 Å². The molecule has 21 heavy (non-hydrogen) atoms. The molecule has 0 heterocycles. The number of aliphatic carboxylic acids is 3. The molecule has 0 aliphatic carbocycles. The van der Waals surface area contributed by atoms with Gasteiger partial charge in [0.15, 0.2) is 0 Å². The number of rotatable bonds is 11. The maximum absolute atomic E-state index is 10.8. The maximum atomic E-state index is 10.8. The monoisotopic (exact) mass is 306 g/mol. The van der Waals surface area contributed by atoms with E-state index in [0.29, 0.717) is 17.9 Å². The van der Waals surface area contributed by atoms with Crippen LogP contribution in [0.15, 0.2) is 0 Å². The molecule has 0 amide bonds. The van der Waals surface area contributed by atoms with Gasteiger partial charge >= 0.3 is 17.9 Å². The summed E-state index contributed by atoms with van der Waals surface area (Å²) in [7, 11) is 0. The lowest BCUT2D eigenvalue weighted by Crippen LogP contribution is -2.56. The van der Waals surface area contributed by atoms with E-state index < -0.39 is 43.1 Å². The van der Waals surface area contributed by atoms with E-state index in [1.54, 1.807) is 13.8 Å². The molecule has 0 aliphatic heterocycles. The van der Waals surface area contributed by atoms with Crippen LogP contribution < -0.4 is 0 Å². The van der Waals surface area contributed by atoms with Gasteiger partial charge in [0.05, 0.1) is 18.6 Å². The molecule has 0 unspecified atom stereocenters. The van der Waals surface area contributed by atoms with E-state index in [4.69, 9.17) is 15.3 Å². The van der Waals surface area contributed by atoms with Gasteiger partial charge in [0, 0.05) is 6.54 Å². The summed E-state index contributed by atoms with van der Waals surface area (Å²) in [4.78, 5) is 33.5. The molecule has 0 spiro atoms. The van der Waals surface area contributed by atoms with Crippen molar-refractivity contribution < 1.29 is 34.9 Å². The zero-order chi connectivity index (χ0) is 16.6. The molecule has 0 rings (SSSR count). The molecule has 0 atom stereocenters. The predicted octanol–water partition coefficient (Wildman–Crippen LogP) is -0.208. The molecule has 9 heteroatoms. The number of hydroxylamine groups is 2. The van der Waals surface area contributed by atoms with Crippen LogP contribution in [0.3, 0.4) is 0 Å². The fraction of sp³-hybridized carbons (Fsp3) is 0.750. The highest BCUT2D eigenvalue weighted by atomic mass is 16.5. The molecule has 0 fully saturated rings. The van der Waals surface area contributed by atoms with Crippen molar-refractivity contribution in [3.8, 4) is 0 Å². The fourth-order valence-electron chi connectivity index (χ4n) is 2.18. The van der Waals surface area contributed by atoms with E-state index in [1.807, 2.05) is 0 Å². The summed E-state index contributed by atoms with van der Waals surface area (Å²) in [5.41, 5.74) is -1.02. The third kappa shape index (κ3) is 6.52. The van der Waals surface area contributed by atoms with Gasteiger partial charge in [0.2, 0.25) is 0 Å². The number of carboxylic acid groups (broad SMARTS) is 3. The normalized spacial score (nSPS) is 11.9. The first-order valence-electron chi connectivity index (χ1n) is 6.51. The Morgan fingerprint density at radius 3 is 1.52 bits per heavy atom. The lowest BCUT2D eigenvalue weighted by molar-refractivity contribution is -0.195. The van der Waals surface area contributed by atoms with Crippen LogP contribution in [-0.2, 0) is 14.4 Å². The third-order valence-electron chi connectivity index (χ3n) is 3.38. The van der Waals surface area contributed by atoms with Crippen molar-refractivity contribution in [3.05, 3.63) is 0 Å². The number of hydrogen-bond acceptors (Lipinski definition) is 6. The summed E-state index contributed by atoms with van der Waals surface area (Å²) >= 11 is 0. The zero-order valence-corrected chi connectivity index (χ0v) is 12.2. The number of hydrogen-bond donors (Lipinski definition) is 4. The summed E-state index contributed by atoms with van der Waals surface area (Å²) in [6, 6.07) is 0. The van der Waals surface area contributed by atoms with Crippen molar-refractivity contribution in [2.24, 2.45) is 0 Å². The van der Waals surface area contributed by atoms with Gasteiger partial charge in [-0.25, -0.2) is 0 Å². The summed E-state index contributed by atoms with van der Waals surface area (Å²) < 4.78 is 0. The van der Waals surface area contributed by atoms with Crippen molar-refractivity contribution in [2.75, 3.05) is 26.2 Å². The Morgan fingerprint density at radius 1 is 0.857 bits per heavy atom. The van der Waals surface area contributed by atoms with Crippen LogP contribution >= 0.6 is 0 Å². The van der Waals surface area contributed by atoms with E-state index in [-0.39, 0.29) is 6.54 Å². The van der Waals surface area contributed by atoms with Gasteiger partial charge in [-0.3, -0.25) is 19.3 Å². The molecule has 0 aliphatic rings. The number of carboxylic acids is 3. The van der Waals surface area contributed by atoms with Gasteiger partial charge in [0.1, 0.15) is 6.54 Å². The minimum absolute atomic E-state index is 0.0671. The average Bonchev–Trinajstić information content (AvgIpc) is 2.33. The Balaban J connectivity index is 5.17. The van der Waals surface area contributed by atoms with Gasteiger partial charge in [-0.1, -0.05) is 13.8 Å². The summed E-state index contributed by atoms with van der Waals surface area (Å²) in [6.07, 6.45) is 0.673. The van der Waals surface area contributed by atoms with Crippen molar-refractivity contribution >= 4 is 17.9 Å². The SMILES string of the molecule is CCC(CC)(CN(CC(=O)O)CC(=O)O)N(O)CC(=O)O. The molecular formula is C12H22N2O7. The Labute approximate surface area is 122 Å². The summed E-state index contributed by atoms with van der Waals surface area (Å²) in [6.45, 7) is 1.73. The second-order valence-corrected chi connectivity index (χ2v) is 4.82. The minimum Gasteiger partial charge on any atom is -0.480 e. The third-order valence-corrected chi connectivity index (χ3v) is 3.38. The average molecular weight is 306 g/mol. The molecule has 0 aromatic rings. The molecule has 9 nitrogen and oxygen atoms in total. The highest BCUT2D eigenvalue weighted by Crippen LogP contribution is 2.24. The molecule has 0 aromatic heterocycles. The Morgan fingerprint density at radius 2 is 1.24 bits per heavy atom. The molecular weight excluding hydrogens is 284 g/mol. The van der Waals surface area contributed by atoms with Crippen LogP contribution in [0.25, 0.3) is 0 Å². The van der Waals surface area contributed by atoms with E-state index >= 15 is 0 Å². The Hall–Kier alpha value is -1.71. The highest BCUT2D eigenvalue weighted by Gasteiger charge is 2.36. The lowest BCUT2D eigenvalue weighted by atomic mass is 9.91. The molecule has 0 saturated carbocycles. The van der Waals surface area contributed by atoms with Crippen LogP contribution in [0.2, 0.25) is 0 Å². The van der Waals surface area contributed by atoms with Gasteiger partial charge in [-0.15, -0.1) is 0 Å². The first kappa shape index (κ1) is 19.3. The molecule has 0 aromatic carbocycles. The molecule has 0 saturated heterocycles. The van der Waals surface area contributed by atoms with Gasteiger partial charge in [-0.2, -0.15) is 5.06 Å². The number of carbonyl (C=O) groups is 3. The van der Waals surface area contributed by atoms with E-state index in [9.17, 15) is 19.6 Å². The maximum Gasteiger partial charge on any atom is 0.320 e. The zero-order valence-electron chi connectivity index (χ0n) is 12.2. The first-order valence-corrected chi connectivity index (χ1v) is 6.51. The van der Waals surface area contributed by atoms with Crippen LogP contribution in [0.5, 0.6) is 0 Å². The summed E-state index contributed by atoms with van der Waals surface area (Å²) in [5.74, 6) is -3.62. The molecule has 0 radical (unpaired) electrons. The van der Waals surface area contributed by atoms with Crippen LogP contribution in [0.4, 0.5) is 0 Å². The highest BCUT2D eigenvalue weighted by molar-refractivity contribution is 5.72. The van der Waals surface area contributed by atoms with E-state index in [0.717, 1.165) is 4.90 Å². The van der Waals surface area contributed by atoms with Crippen LogP contribution in [-0.4, -0.2) is 80.1 Å². The van der Waals surface area contributed by atoms with Gasteiger partial charge in [0.25, 0.3) is 0 Å².